The Balaban J connectivity index is 1.52. The number of nitrogens with zero attached hydrogens (tertiary/aromatic N) is 3. The van der Waals surface area contributed by atoms with Crippen molar-refractivity contribution >= 4 is 52.5 Å². The van der Waals surface area contributed by atoms with Gasteiger partial charge in [0.05, 0.1) is 12.3 Å². The zero-order valence-corrected chi connectivity index (χ0v) is 17.7. The van der Waals surface area contributed by atoms with E-state index in [2.05, 4.69) is 20.8 Å². The molecule has 10 heteroatoms. The highest BCUT2D eigenvalue weighted by atomic mass is 35.5. The molecule has 0 atom stereocenters. The normalized spacial score (nSPS) is 10.6. The van der Waals surface area contributed by atoms with E-state index in [1.807, 2.05) is 6.07 Å². The van der Waals surface area contributed by atoms with Gasteiger partial charge in [-0.15, -0.1) is 10.2 Å². The maximum absolute atomic E-state index is 12.2. The predicted molar refractivity (Wildman–Crippen MR) is 114 cm³/mol. The minimum atomic E-state index is -0.227. The van der Waals surface area contributed by atoms with Crippen LogP contribution in [-0.4, -0.2) is 32.3 Å². The average molecular weight is 450 g/mol. The van der Waals surface area contributed by atoms with E-state index in [1.54, 1.807) is 54.1 Å². The number of hydrogen-bond donors (Lipinski definition) is 2. The van der Waals surface area contributed by atoms with E-state index in [-0.39, 0.29) is 24.1 Å². The lowest BCUT2D eigenvalue weighted by Gasteiger charge is -2.07. The Kier molecular flexibility index (Phi) is 7.13. The van der Waals surface area contributed by atoms with Crippen LogP contribution in [0, 0.1) is 0 Å². The molecule has 0 saturated heterocycles. The van der Waals surface area contributed by atoms with E-state index >= 15 is 0 Å². The molecule has 0 aliphatic carbocycles. The first-order chi connectivity index (χ1) is 13.9. The van der Waals surface area contributed by atoms with Crippen LogP contribution >= 0.6 is 35.0 Å². The minimum absolute atomic E-state index is 0.131. The molecular formula is C19H17Cl2N5O2S. The van der Waals surface area contributed by atoms with Crippen LogP contribution < -0.4 is 10.6 Å². The Hall–Kier alpha value is -2.55. The highest BCUT2D eigenvalue weighted by Gasteiger charge is 2.13. The molecule has 0 unspecified atom stereocenters. The maximum Gasteiger partial charge on any atom is 0.251 e. The van der Waals surface area contributed by atoms with Gasteiger partial charge in [0.15, 0.2) is 11.0 Å². The fourth-order valence-corrected chi connectivity index (χ4v) is 3.68. The van der Waals surface area contributed by atoms with E-state index in [0.29, 0.717) is 32.3 Å². The fraction of sp³-hybridized carbons (Fsp3) is 0.158. The van der Waals surface area contributed by atoms with E-state index < -0.39 is 0 Å². The molecule has 2 N–H and O–H groups in total. The third-order valence-electron chi connectivity index (χ3n) is 3.85. The van der Waals surface area contributed by atoms with Gasteiger partial charge in [0.25, 0.3) is 5.91 Å². The molecule has 3 rings (SSSR count). The van der Waals surface area contributed by atoms with Gasteiger partial charge >= 0.3 is 0 Å². The van der Waals surface area contributed by atoms with Gasteiger partial charge in [-0.25, -0.2) is 0 Å². The largest absolute Gasteiger partial charge is 0.345 e. The lowest BCUT2D eigenvalue weighted by Crippen LogP contribution is -2.24. The first kappa shape index (κ1) is 21.2. The molecule has 7 nitrogen and oxygen atoms in total. The molecule has 150 valence electrons. The Bertz CT molecular complexity index is 1010. The van der Waals surface area contributed by atoms with Gasteiger partial charge in [-0.3, -0.25) is 9.59 Å². The molecule has 29 heavy (non-hydrogen) atoms. The zero-order valence-electron chi connectivity index (χ0n) is 15.4. The highest BCUT2D eigenvalue weighted by Crippen LogP contribution is 2.23. The summed E-state index contributed by atoms with van der Waals surface area (Å²) in [5.74, 6) is 0.295. The number of aromatic nitrogens is 3. The number of anilines is 1. The number of benzene rings is 2. The van der Waals surface area contributed by atoms with Gasteiger partial charge in [-0.2, -0.15) is 0 Å². The summed E-state index contributed by atoms with van der Waals surface area (Å²) in [5.41, 5.74) is 1.09. The number of nitrogens with one attached hydrogen (secondary N) is 2. The third-order valence-corrected chi connectivity index (χ3v) is 5.30. The monoisotopic (exact) mass is 449 g/mol. The van der Waals surface area contributed by atoms with E-state index in [9.17, 15) is 9.59 Å². The fourth-order valence-electron chi connectivity index (χ4n) is 2.43. The third kappa shape index (κ3) is 5.96. The molecule has 2 amide bonds. The lowest BCUT2D eigenvalue weighted by atomic mass is 10.2. The maximum atomic E-state index is 12.2. The Labute approximate surface area is 181 Å². The molecule has 0 spiro atoms. The molecule has 0 radical (unpaired) electrons. The molecule has 0 aliphatic heterocycles. The van der Waals surface area contributed by atoms with Crippen LogP contribution in [0.3, 0.4) is 0 Å². The average Bonchev–Trinajstić information content (AvgIpc) is 3.04. The summed E-state index contributed by atoms with van der Waals surface area (Å²) in [6.07, 6.45) is 0. The minimum Gasteiger partial charge on any atom is -0.345 e. The van der Waals surface area contributed by atoms with Crippen molar-refractivity contribution < 1.29 is 9.59 Å². The first-order valence-electron chi connectivity index (χ1n) is 8.52. The van der Waals surface area contributed by atoms with Crippen molar-refractivity contribution in [3.8, 4) is 0 Å². The molecule has 0 fully saturated rings. The van der Waals surface area contributed by atoms with E-state index in [0.717, 1.165) is 0 Å². The van der Waals surface area contributed by atoms with Crippen molar-refractivity contribution in [2.24, 2.45) is 7.05 Å². The molecule has 1 aromatic heterocycles. The van der Waals surface area contributed by atoms with Gasteiger partial charge in [0.1, 0.15) is 0 Å². The summed E-state index contributed by atoms with van der Waals surface area (Å²) in [4.78, 5) is 24.3. The first-order valence-corrected chi connectivity index (χ1v) is 10.3. The van der Waals surface area contributed by atoms with Crippen LogP contribution in [0.25, 0.3) is 0 Å². The second-order valence-corrected chi connectivity index (χ2v) is 7.82. The van der Waals surface area contributed by atoms with Crippen LogP contribution in [0.15, 0.2) is 53.7 Å². The summed E-state index contributed by atoms with van der Waals surface area (Å²) in [6.45, 7) is 0.227. The number of carbonyl (C=O) groups is 2. The second kappa shape index (κ2) is 9.78. The summed E-state index contributed by atoms with van der Waals surface area (Å²) in [5, 5.41) is 15.1. The van der Waals surface area contributed by atoms with Crippen molar-refractivity contribution in [1.82, 2.24) is 20.1 Å². The van der Waals surface area contributed by atoms with E-state index in [4.69, 9.17) is 23.2 Å². The number of rotatable bonds is 7. The summed E-state index contributed by atoms with van der Waals surface area (Å²) in [7, 11) is 1.78. The van der Waals surface area contributed by atoms with Gasteiger partial charge in [0.2, 0.25) is 5.91 Å². The van der Waals surface area contributed by atoms with Gasteiger partial charge in [-0.05, 0) is 30.3 Å². The standard InChI is InChI=1S/C19H17Cl2N5O2S/c1-26-16(10-22-18(28)12-5-3-2-4-6-12)24-25-19(26)29-11-17(27)23-15-8-13(20)7-14(21)9-15/h2-9H,10-11H2,1H3,(H,22,28)(H,23,27). The molecule has 3 aromatic rings. The van der Waals surface area contributed by atoms with Gasteiger partial charge in [0, 0.05) is 28.3 Å². The van der Waals surface area contributed by atoms with Gasteiger partial charge in [-0.1, -0.05) is 53.2 Å². The molecular weight excluding hydrogens is 433 g/mol. The Morgan fingerprint density at radius 1 is 1.07 bits per heavy atom. The van der Waals surface area contributed by atoms with Crippen molar-refractivity contribution in [1.29, 1.82) is 0 Å². The molecule has 1 heterocycles. The highest BCUT2D eigenvalue weighted by molar-refractivity contribution is 7.99. The number of thioether (sulfide) groups is 1. The van der Waals surface area contributed by atoms with Crippen molar-refractivity contribution in [3.63, 3.8) is 0 Å². The predicted octanol–water partition coefficient (Wildman–Crippen LogP) is 3.78. The number of carbonyl (C=O) groups excluding carboxylic acids is 2. The smallest absolute Gasteiger partial charge is 0.251 e. The number of hydrogen-bond acceptors (Lipinski definition) is 5. The SMILES string of the molecule is Cn1c(CNC(=O)c2ccccc2)nnc1SCC(=O)Nc1cc(Cl)cc(Cl)c1. The van der Waals surface area contributed by atoms with Crippen LogP contribution in [0.5, 0.6) is 0 Å². The van der Waals surface area contributed by atoms with Gasteiger partial charge < -0.3 is 15.2 Å². The van der Waals surface area contributed by atoms with Crippen molar-refractivity contribution in [3.05, 3.63) is 70.0 Å². The second-order valence-electron chi connectivity index (χ2n) is 6.00. The molecule has 0 saturated carbocycles. The van der Waals surface area contributed by atoms with Crippen molar-refractivity contribution in [2.45, 2.75) is 11.7 Å². The Morgan fingerprint density at radius 3 is 2.45 bits per heavy atom. The molecule has 2 aromatic carbocycles. The van der Waals surface area contributed by atoms with E-state index in [1.165, 1.54) is 11.8 Å². The summed E-state index contributed by atoms with van der Waals surface area (Å²) < 4.78 is 1.74. The Morgan fingerprint density at radius 2 is 1.76 bits per heavy atom. The summed E-state index contributed by atoms with van der Waals surface area (Å²) >= 11 is 13.1. The van der Waals surface area contributed by atoms with Crippen LogP contribution in [0.4, 0.5) is 5.69 Å². The van der Waals surface area contributed by atoms with Crippen molar-refractivity contribution in [2.75, 3.05) is 11.1 Å². The van der Waals surface area contributed by atoms with Crippen LogP contribution in [0.1, 0.15) is 16.2 Å². The summed E-state index contributed by atoms with van der Waals surface area (Å²) in [6, 6.07) is 13.7. The quantitative estimate of drug-likeness (QED) is 0.535. The van der Waals surface area contributed by atoms with Crippen LogP contribution in [-0.2, 0) is 18.4 Å². The zero-order chi connectivity index (χ0) is 20.8. The molecule has 0 aliphatic rings. The number of halogens is 2. The molecule has 0 bridgehead atoms. The lowest BCUT2D eigenvalue weighted by molar-refractivity contribution is -0.113. The number of amides is 2. The van der Waals surface area contributed by atoms with Crippen LogP contribution in [0.2, 0.25) is 10.0 Å². The topological polar surface area (TPSA) is 88.9 Å².